The fourth-order valence-electron chi connectivity index (χ4n) is 7.72. The molecule has 0 saturated carbocycles. The molecule has 39 heavy (non-hydrogen) atoms. The molecule has 0 bridgehead atoms. The zero-order valence-electron chi connectivity index (χ0n) is 21.7. The van der Waals surface area contributed by atoms with E-state index in [1.165, 1.54) is 53.3 Å². The molecule has 8 rings (SSSR count). The Kier molecular flexibility index (Phi) is 5.24. The summed E-state index contributed by atoms with van der Waals surface area (Å²) in [5.74, 6) is 0. The molecule has 0 unspecified atom stereocenters. The van der Waals surface area contributed by atoms with Crippen LogP contribution in [-0.4, -0.2) is 13.3 Å². The second-order valence-electron chi connectivity index (χ2n) is 10.8. The van der Waals surface area contributed by atoms with Gasteiger partial charge in [-0.3, -0.25) is 0 Å². The first-order chi connectivity index (χ1) is 19.4. The van der Waals surface area contributed by atoms with Gasteiger partial charge in [0.05, 0.1) is 0 Å². The van der Waals surface area contributed by atoms with Crippen molar-refractivity contribution in [1.82, 2.24) is 0 Å². The van der Waals surface area contributed by atoms with Crippen molar-refractivity contribution in [3.63, 3.8) is 0 Å². The van der Waals surface area contributed by atoms with E-state index in [1.807, 2.05) is 0 Å². The van der Waals surface area contributed by atoms with Crippen molar-refractivity contribution in [2.24, 2.45) is 0 Å². The molecule has 0 nitrogen and oxygen atoms in total. The van der Waals surface area contributed by atoms with Gasteiger partial charge in [-0.15, -0.1) is 0 Å². The maximum absolute atomic E-state index is 3.49. The molecule has 0 saturated heterocycles. The second-order valence-corrected chi connectivity index (χ2v) is 19.3. The van der Waals surface area contributed by atoms with E-state index >= 15 is 0 Å². The Labute approximate surface area is 233 Å². The van der Waals surface area contributed by atoms with Crippen LogP contribution in [-0.2, 0) is 0 Å². The summed E-state index contributed by atoms with van der Waals surface area (Å²) in [4.78, 5) is 0. The van der Waals surface area contributed by atoms with E-state index in [-0.39, 0.29) is 0 Å². The summed E-state index contributed by atoms with van der Waals surface area (Å²) in [6, 6.07) is 60.0. The summed E-state index contributed by atoms with van der Waals surface area (Å²) in [6.07, 6.45) is 0. The minimum absolute atomic E-state index is 0.325. The first kappa shape index (κ1) is 22.8. The van der Waals surface area contributed by atoms with Crippen LogP contribution in [0.5, 0.6) is 0 Å². The molecule has 0 spiro atoms. The number of hydrogen-bond donors (Lipinski definition) is 0. The van der Waals surface area contributed by atoms with Gasteiger partial charge >= 0.3 is 234 Å². The van der Waals surface area contributed by atoms with E-state index in [1.54, 1.807) is 0 Å². The zero-order chi connectivity index (χ0) is 25.8. The van der Waals surface area contributed by atoms with Gasteiger partial charge in [0, 0.05) is 0 Å². The van der Waals surface area contributed by atoms with Crippen molar-refractivity contribution in [2.45, 2.75) is 9.50 Å². The van der Waals surface area contributed by atoms with Crippen molar-refractivity contribution >= 4 is 22.1 Å². The standard InChI is InChI=1S/C38H28Ge/c1-3-15-27(16-4-1)39(28-17-5-2-6-18-28,37-33-23-11-7-19-29(33)30-20-8-12-24-34(30)37)38-35-25-13-9-21-31(35)32-22-10-14-26-36(32)38/h1-26,37-38H. The van der Waals surface area contributed by atoms with Crippen molar-refractivity contribution in [2.75, 3.05) is 0 Å². The van der Waals surface area contributed by atoms with Gasteiger partial charge in [0.1, 0.15) is 0 Å². The molecule has 0 amide bonds. The van der Waals surface area contributed by atoms with Crippen LogP contribution >= 0.6 is 0 Å². The Morgan fingerprint density at radius 3 is 0.846 bits per heavy atom. The average Bonchev–Trinajstić information content (AvgIpc) is 3.53. The van der Waals surface area contributed by atoms with Gasteiger partial charge in [-0.25, -0.2) is 0 Å². The van der Waals surface area contributed by atoms with Crippen molar-refractivity contribution in [3.8, 4) is 22.3 Å². The number of benzene rings is 6. The molecule has 0 N–H and O–H groups in total. The number of fused-ring (bicyclic) bond motifs is 6. The van der Waals surface area contributed by atoms with Crippen LogP contribution < -0.4 is 8.79 Å². The number of hydrogen-bond acceptors (Lipinski definition) is 0. The maximum atomic E-state index is 2.44. The first-order valence-corrected chi connectivity index (χ1v) is 18.4. The fraction of sp³-hybridized carbons (Fsp3) is 0.0526. The molecule has 0 heterocycles. The molecule has 0 aromatic heterocycles. The monoisotopic (exact) mass is 558 g/mol. The van der Waals surface area contributed by atoms with Gasteiger partial charge in [0.15, 0.2) is 0 Å². The van der Waals surface area contributed by atoms with E-state index in [0.29, 0.717) is 9.50 Å². The van der Waals surface area contributed by atoms with Gasteiger partial charge in [0.25, 0.3) is 0 Å². The summed E-state index contributed by atoms with van der Waals surface area (Å²) in [5.41, 5.74) is 11.6. The molecule has 2 aliphatic rings. The number of rotatable bonds is 4. The predicted molar refractivity (Wildman–Crippen MR) is 165 cm³/mol. The molecule has 6 aromatic carbocycles. The topological polar surface area (TPSA) is 0 Å². The summed E-state index contributed by atoms with van der Waals surface area (Å²) < 4.78 is 3.73. The third-order valence-corrected chi connectivity index (χ3v) is 20.9. The van der Waals surface area contributed by atoms with Gasteiger partial charge in [-0.1, -0.05) is 0 Å². The molecule has 0 fully saturated rings. The van der Waals surface area contributed by atoms with Crippen LogP contribution in [0.2, 0.25) is 0 Å². The normalized spacial score (nSPS) is 13.9. The fourth-order valence-corrected chi connectivity index (χ4v) is 21.3. The molecule has 1 heteroatoms. The Morgan fingerprint density at radius 1 is 0.282 bits per heavy atom. The predicted octanol–water partition coefficient (Wildman–Crippen LogP) is 7.95. The molecule has 0 aliphatic heterocycles. The van der Waals surface area contributed by atoms with Crippen molar-refractivity contribution in [1.29, 1.82) is 0 Å². The summed E-state index contributed by atoms with van der Waals surface area (Å²) in [5, 5.41) is 0. The SMILES string of the molecule is c1cc[c]([Ge]([c]2ccccc2)([CH]2c3ccccc3-c3ccccc32)[CH]2c3ccccc3-c3ccccc32)cc1. The van der Waals surface area contributed by atoms with Gasteiger partial charge in [-0.05, 0) is 0 Å². The molecular formula is C38H28Ge. The summed E-state index contributed by atoms with van der Waals surface area (Å²) in [6.45, 7) is 0. The quantitative estimate of drug-likeness (QED) is 0.193. The zero-order valence-corrected chi connectivity index (χ0v) is 23.8. The third kappa shape index (κ3) is 3.19. The van der Waals surface area contributed by atoms with E-state index in [9.17, 15) is 0 Å². The molecule has 184 valence electrons. The summed E-state index contributed by atoms with van der Waals surface area (Å²) >= 11 is -3.49. The van der Waals surface area contributed by atoms with Crippen LogP contribution in [0.15, 0.2) is 158 Å². The Morgan fingerprint density at radius 2 is 0.538 bits per heavy atom. The van der Waals surface area contributed by atoms with E-state index < -0.39 is 13.3 Å². The van der Waals surface area contributed by atoms with Gasteiger partial charge in [0.2, 0.25) is 0 Å². The molecule has 2 aliphatic carbocycles. The Hall–Kier alpha value is -4.14. The van der Waals surface area contributed by atoms with Crippen LogP contribution in [0.4, 0.5) is 0 Å². The van der Waals surface area contributed by atoms with Crippen molar-refractivity contribution in [3.05, 3.63) is 180 Å². The van der Waals surface area contributed by atoms with Crippen LogP contribution in [0.3, 0.4) is 0 Å². The third-order valence-electron chi connectivity index (χ3n) is 9.08. The average molecular weight is 557 g/mol. The second kappa shape index (κ2) is 8.97. The van der Waals surface area contributed by atoms with Crippen molar-refractivity contribution < 1.29 is 0 Å². The van der Waals surface area contributed by atoms with Gasteiger partial charge < -0.3 is 0 Å². The molecule has 6 aromatic rings. The molecule has 0 radical (unpaired) electrons. The van der Waals surface area contributed by atoms with E-state index in [0.717, 1.165) is 0 Å². The minimum atomic E-state index is -3.49. The van der Waals surface area contributed by atoms with Gasteiger partial charge in [-0.2, -0.15) is 0 Å². The van der Waals surface area contributed by atoms with Crippen LogP contribution in [0, 0.1) is 0 Å². The first-order valence-electron chi connectivity index (χ1n) is 13.9. The molecule has 0 atom stereocenters. The van der Waals surface area contributed by atoms with Crippen LogP contribution in [0.25, 0.3) is 22.3 Å². The Bertz CT molecular complexity index is 1590. The Balaban J connectivity index is 1.57. The van der Waals surface area contributed by atoms with Crippen LogP contribution in [0.1, 0.15) is 31.8 Å². The van der Waals surface area contributed by atoms with E-state index in [4.69, 9.17) is 0 Å². The van der Waals surface area contributed by atoms with E-state index in [2.05, 4.69) is 158 Å². The summed E-state index contributed by atoms with van der Waals surface area (Å²) in [7, 11) is 0. The molecular weight excluding hydrogens is 529 g/mol.